The molecular weight excluding hydrogens is 490 g/mol. The fourth-order valence-electron chi connectivity index (χ4n) is 3.21. The molecule has 184 valence electrons. The second kappa shape index (κ2) is 9.62. The first-order chi connectivity index (χ1) is 16.6. The van der Waals surface area contributed by atoms with Crippen LogP contribution in [0.1, 0.15) is 40.3 Å². The number of aryl methyl sites for hydroxylation is 2. The Morgan fingerprint density at radius 1 is 1.11 bits per heavy atom. The molecule has 0 saturated carbocycles. The third-order valence-electron chi connectivity index (χ3n) is 5.27. The Morgan fingerprint density at radius 2 is 1.83 bits per heavy atom. The molecule has 3 aromatic heterocycles. The lowest BCUT2D eigenvalue weighted by Gasteiger charge is -2.10. The number of benzene rings is 1. The quantitative estimate of drug-likeness (QED) is 0.312. The third-order valence-corrected chi connectivity index (χ3v) is 7.80. The number of thiophene rings is 1. The molecular formula is C23H25N5O5S2. The highest BCUT2D eigenvalue weighted by Crippen LogP contribution is 2.35. The van der Waals surface area contributed by atoms with Gasteiger partial charge in [-0.15, -0.1) is 11.3 Å². The topological polar surface area (TPSA) is 136 Å². The van der Waals surface area contributed by atoms with Crippen LogP contribution in [0.25, 0.3) is 10.2 Å². The van der Waals surface area contributed by atoms with Crippen molar-refractivity contribution in [2.45, 2.75) is 39.5 Å². The van der Waals surface area contributed by atoms with Crippen molar-refractivity contribution in [2.75, 3.05) is 16.6 Å². The number of ether oxygens (including phenoxy) is 1. The van der Waals surface area contributed by atoms with Gasteiger partial charge in [-0.2, -0.15) is 0 Å². The van der Waals surface area contributed by atoms with Gasteiger partial charge in [0.1, 0.15) is 21.9 Å². The summed E-state index contributed by atoms with van der Waals surface area (Å²) in [6, 6.07) is 6.19. The minimum absolute atomic E-state index is 0.0613. The normalized spacial score (nSPS) is 11.7. The summed E-state index contributed by atoms with van der Waals surface area (Å²) in [5.41, 5.74) is 2.57. The van der Waals surface area contributed by atoms with Gasteiger partial charge in [-0.1, -0.05) is 19.0 Å². The number of nitrogens with zero attached hydrogens (tertiary/aromatic N) is 3. The van der Waals surface area contributed by atoms with Gasteiger partial charge in [0.15, 0.2) is 0 Å². The van der Waals surface area contributed by atoms with E-state index in [4.69, 9.17) is 9.26 Å². The molecule has 0 atom stereocenters. The van der Waals surface area contributed by atoms with E-state index in [2.05, 4.69) is 25.2 Å². The number of hydrogen-bond donors (Lipinski definition) is 2. The fraction of sp³-hybridized carbons (Fsp3) is 0.304. The van der Waals surface area contributed by atoms with E-state index in [1.165, 1.54) is 29.8 Å². The van der Waals surface area contributed by atoms with Crippen LogP contribution in [0, 0.1) is 26.7 Å². The second-order valence-corrected chi connectivity index (χ2v) is 11.1. The SMILES string of the molecule is Cc1noc(NS(=O)(=O)c2ccc(Nc3ncnc4sc(C(=O)OCC(C)C)c(C)c34)cc2)c1C. The van der Waals surface area contributed by atoms with E-state index in [0.29, 0.717) is 44.5 Å². The maximum atomic E-state index is 12.7. The molecule has 0 spiro atoms. The Bertz CT molecular complexity index is 1490. The first-order valence-corrected chi connectivity index (χ1v) is 13.1. The third kappa shape index (κ3) is 5.13. The largest absolute Gasteiger partial charge is 0.461 e. The van der Waals surface area contributed by atoms with Crippen LogP contribution in [0.5, 0.6) is 0 Å². The minimum Gasteiger partial charge on any atom is -0.461 e. The summed E-state index contributed by atoms with van der Waals surface area (Å²) in [7, 11) is -3.86. The number of anilines is 3. The monoisotopic (exact) mass is 515 g/mol. The van der Waals surface area contributed by atoms with Crippen molar-refractivity contribution >= 4 is 54.9 Å². The number of carbonyl (C=O) groups excluding carboxylic acids is 1. The molecule has 0 bridgehead atoms. The summed E-state index contributed by atoms with van der Waals surface area (Å²) >= 11 is 1.25. The van der Waals surface area contributed by atoms with E-state index in [1.807, 2.05) is 20.8 Å². The molecule has 4 rings (SSSR count). The average molecular weight is 516 g/mol. The van der Waals surface area contributed by atoms with E-state index in [0.717, 1.165) is 5.56 Å². The van der Waals surface area contributed by atoms with Crippen molar-refractivity contribution in [3.63, 3.8) is 0 Å². The molecule has 35 heavy (non-hydrogen) atoms. The lowest BCUT2D eigenvalue weighted by molar-refractivity contribution is 0.0464. The average Bonchev–Trinajstić information content (AvgIpc) is 3.32. The van der Waals surface area contributed by atoms with Crippen molar-refractivity contribution in [3.05, 3.63) is 52.3 Å². The molecule has 10 nitrogen and oxygen atoms in total. The van der Waals surface area contributed by atoms with Gasteiger partial charge in [0.2, 0.25) is 5.88 Å². The summed E-state index contributed by atoms with van der Waals surface area (Å²) < 4.78 is 38.3. The van der Waals surface area contributed by atoms with Crippen molar-refractivity contribution in [1.29, 1.82) is 0 Å². The molecule has 0 unspecified atom stereocenters. The minimum atomic E-state index is -3.86. The lowest BCUT2D eigenvalue weighted by Crippen LogP contribution is -2.13. The van der Waals surface area contributed by atoms with Gasteiger partial charge in [0.05, 0.1) is 22.6 Å². The number of sulfonamides is 1. The summed E-state index contributed by atoms with van der Waals surface area (Å²) in [5, 5.41) is 7.67. The van der Waals surface area contributed by atoms with E-state index in [1.54, 1.807) is 26.0 Å². The number of rotatable bonds is 8. The van der Waals surface area contributed by atoms with Gasteiger partial charge >= 0.3 is 5.97 Å². The van der Waals surface area contributed by atoms with Crippen molar-refractivity contribution in [3.8, 4) is 0 Å². The Kier molecular flexibility index (Phi) is 6.77. The van der Waals surface area contributed by atoms with E-state index < -0.39 is 10.0 Å². The maximum Gasteiger partial charge on any atom is 0.348 e. The molecule has 3 heterocycles. The van der Waals surface area contributed by atoms with E-state index in [-0.39, 0.29) is 22.7 Å². The summed E-state index contributed by atoms with van der Waals surface area (Å²) in [6.07, 6.45) is 1.41. The van der Waals surface area contributed by atoms with Gasteiger partial charge in [-0.05, 0) is 56.5 Å². The van der Waals surface area contributed by atoms with Gasteiger partial charge < -0.3 is 14.6 Å². The summed E-state index contributed by atoms with van der Waals surface area (Å²) in [5.74, 6) is 0.442. The Balaban J connectivity index is 1.56. The van der Waals surface area contributed by atoms with E-state index >= 15 is 0 Å². The zero-order chi connectivity index (χ0) is 25.3. The highest BCUT2D eigenvalue weighted by molar-refractivity contribution is 7.92. The molecule has 0 aliphatic carbocycles. The van der Waals surface area contributed by atoms with Gasteiger partial charge in [0, 0.05) is 11.3 Å². The second-order valence-electron chi connectivity index (χ2n) is 8.43. The summed E-state index contributed by atoms with van der Waals surface area (Å²) in [4.78, 5) is 22.4. The maximum absolute atomic E-state index is 12.7. The Labute approximate surface area is 206 Å². The van der Waals surface area contributed by atoms with Crippen molar-refractivity contribution in [1.82, 2.24) is 15.1 Å². The van der Waals surface area contributed by atoms with Gasteiger partial charge in [-0.3, -0.25) is 0 Å². The molecule has 0 amide bonds. The molecule has 0 radical (unpaired) electrons. The highest BCUT2D eigenvalue weighted by Gasteiger charge is 2.22. The summed E-state index contributed by atoms with van der Waals surface area (Å²) in [6.45, 7) is 9.56. The van der Waals surface area contributed by atoms with Crippen LogP contribution >= 0.6 is 11.3 Å². The van der Waals surface area contributed by atoms with Gasteiger partial charge in [0.25, 0.3) is 10.0 Å². The smallest absolute Gasteiger partial charge is 0.348 e. The van der Waals surface area contributed by atoms with Gasteiger partial charge in [-0.25, -0.2) is 27.9 Å². The van der Waals surface area contributed by atoms with Crippen LogP contribution in [0.2, 0.25) is 0 Å². The number of esters is 1. The fourth-order valence-corrected chi connectivity index (χ4v) is 5.30. The molecule has 0 fully saturated rings. The number of aromatic nitrogens is 3. The number of carbonyl (C=O) groups is 1. The molecule has 12 heteroatoms. The molecule has 0 saturated heterocycles. The first-order valence-electron chi connectivity index (χ1n) is 10.8. The van der Waals surface area contributed by atoms with Crippen LogP contribution in [0.3, 0.4) is 0 Å². The van der Waals surface area contributed by atoms with Crippen LogP contribution in [0.15, 0.2) is 40.0 Å². The number of fused-ring (bicyclic) bond motifs is 1. The molecule has 0 aliphatic rings. The zero-order valence-electron chi connectivity index (χ0n) is 19.9. The van der Waals surface area contributed by atoms with Crippen molar-refractivity contribution in [2.24, 2.45) is 5.92 Å². The molecule has 4 aromatic rings. The van der Waals surface area contributed by atoms with Crippen LogP contribution in [0.4, 0.5) is 17.4 Å². The van der Waals surface area contributed by atoms with Crippen LogP contribution in [-0.4, -0.2) is 36.1 Å². The highest BCUT2D eigenvalue weighted by atomic mass is 32.2. The predicted molar refractivity (Wildman–Crippen MR) is 134 cm³/mol. The lowest BCUT2D eigenvalue weighted by atomic mass is 10.2. The number of hydrogen-bond acceptors (Lipinski definition) is 10. The van der Waals surface area contributed by atoms with E-state index in [9.17, 15) is 13.2 Å². The molecule has 1 aromatic carbocycles. The molecule has 2 N–H and O–H groups in total. The number of nitrogens with one attached hydrogen (secondary N) is 2. The Morgan fingerprint density at radius 3 is 2.46 bits per heavy atom. The standard InChI is InChI=1S/C23H25N5O5S2/c1-12(2)10-32-23(29)19-14(4)18-20(24-11-25-22(18)34-19)26-16-6-8-17(9-7-16)35(30,31)28-21-13(3)15(5)27-33-21/h6-9,11-12,28H,10H2,1-5H3,(H,24,25,26). The first kappa shape index (κ1) is 24.6. The predicted octanol–water partition coefficient (Wildman–Crippen LogP) is 4.96. The molecule has 0 aliphatic heterocycles. The van der Waals surface area contributed by atoms with Crippen LogP contribution in [-0.2, 0) is 14.8 Å². The zero-order valence-corrected chi connectivity index (χ0v) is 21.5. The Hall–Kier alpha value is -3.51. The van der Waals surface area contributed by atoms with Crippen molar-refractivity contribution < 1.29 is 22.5 Å². The van der Waals surface area contributed by atoms with Crippen LogP contribution < -0.4 is 10.0 Å².